The summed E-state index contributed by atoms with van der Waals surface area (Å²) in [5, 5.41) is 7.69. The minimum absolute atomic E-state index is 0.550. The third kappa shape index (κ3) is 4.07. The van der Waals surface area contributed by atoms with E-state index in [1.54, 1.807) is 13.3 Å². The van der Waals surface area contributed by atoms with Crippen LogP contribution in [-0.4, -0.2) is 35.2 Å². The molecule has 2 aromatic carbocycles. The number of rotatable bonds is 7. The third-order valence-electron chi connectivity index (χ3n) is 4.28. The van der Waals surface area contributed by atoms with Gasteiger partial charge in [-0.2, -0.15) is 4.98 Å². The highest BCUT2D eigenvalue weighted by atomic mass is 16.5. The van der Waals surface area contributed by atoms with Crippen molar-refractivity contribution >= 4 is 28.4 Å². The molecule has 0 amide bonds. The number of ether oxygens (including phenoxy) is 1. The molecular formula is C22H21N5O. The summed E-state index contributed by atoms with van der Waals surface area (Å²) in [6, 6.07) is 22.0. The maximum Gasteiger partial charge on any atom is 0.225 e. The highest BCUT2D eigenvalue weighted by Gasteiger charge is 2.09. The van der Waals surface area contributed by atoms with Crippen LogP contribution in [0.15, 0.2) is 72.9 Å². The van der Waals surface area contributed by atoms with E-state index in [-0.39, 0.29) is 0 Å². The zero-order valence-corrected chi connectivity index (χ0v) is 15.6. The molecule has 0 saturated heterocycles. The van der Waals surface area contributed by atoms with E-state index >= 15 is 0 Å². The van der Waals surface area contributed by atoms with Gasteiger partial charge in [-0.05, 0) is 12.1 Å². The van der Waals surface area contributed by atoms with Gasteiger partial charge in [-0.15, -0.1) is 0 Å². The normalized spacial score (nSPS) is 10.8. The predicted molar refractivity (Wildman–Crippen MR) is 113 cm³/mol. The van der Waals surface area contributed by atoms with Crippen molar-refractivity contribution in [2.45, 2.75) is 0 Å². The molecular weight excluding hydrogens is 350 g/mol. The number of hydrogen-bond acceptors (Lipinski definition) is 6. The quantitative estimate of drug-likeness (QED) is 0.466. The average molecular weight is 371 g/mol. The summed E-state index contributed by atoms with van der Waals surface area (Å²) in [4.78, 5) is 13.8. The Morgan fingerprint density at radius 2 is 1.79 bits per heavy atom. The Kier molecular flexibility index (Phi) is 5.40. The molecule has 0 aliphatic carbocycles. The first kappa shape index (κ1) is 17.9. The summed E-state index contributed by atoms with van der Waals surface area (Å²) in [6.45, 7) is 1.21. The second-order valence-corrected chi connectivity index (χ2v) is 6.25. The maximum atomic E-state index is 5.11. The molecule has 4 aromatic rings. The van der Waals surface area contributed by atoms with Crippen molar-refractivity contribution in [1.29, 1.82) is 0 Å². The molecule has 2 aromatic heterocycles. The van der Waals surface area contributed by atoms with Crippen LogP contribution >= 0.6 is 0 Å². The van der Waals surface area contributed by atoms with Crippen LogP contribution in [0.4, 0.5) is 17.5 Å². The molecule has 28 heavy (non-hydrogen) atoms. The Labute approximate surface area is 163 Å². The fraction of sp³-hybridized carbons (Fsp3) is 0.136. The third-order valence-corrected chi connectivity index (χ3v) is 4.28. The number of aromatic nitrogens is 3. The molecule has 0 unspecified atom stereocenters. The Bertz CT molecular complexity index is 1060. The standard InChI is InChI=1S/C22H21N5O/c1-28-14-13-24-22-26-19(16-7-3-2-4-8-16)15-20(27-22)25-18-11-5-9-17-10-6-12-23-21(17)18/h2-12,15H,13-14H2,1H3,(H2,24,25,26,27). The van der Waals surface area contributed by atoms with E-state index in [1.807, 2.05) is 66.7 Å². The van der Waals surface area contributed by atoms with Gasteiger partial charge in [0.15, 0.2) is 0 Å². The minimum Gasteiger partial charge on any atom is -0.383 e. The molecule has 4 rings (SSSR count). The number of nitrogens with zero attached hydrogens (tertiary/aromatic N) is 3. The lowest BCUT2D eigenvalue weighted by Gasteiger charge is -2.12. The molecule has 140 valence electrons. The second-order valence-electron chi connectivity index (χ2n) is 6.25. The van der Waals surface area contributed by atoms with Crippen molar-refractivity contribution in [3.8, 4) is 11.3 Å². The molecule has 0 aliphatic heterocycles. The van der Waals surface area contributed by atoms with Crippen LogP contribution in [0.3, 0.4) is 0 Å². The zero-order chi connectivity index (χ0) is 19.2. The van der Waals surface area contributed by atoms with E-state index in [0.29, 0.717) is 24.9 Å². The number of methoxy groups -OCH3 is 1. The van der Waals surface area contributed by atoms with Crippen molar-refractivity contribution in [1.82, 2.24) is 15.0 Å². The first-order valence-corrected chi connectivity index (χ1v) is 9.11. The molecule has 0 aliphatic rings. The number of nitrogens with one attached hydrogen (secondary N) is 2. The van der Waals surface area contributed by atoms with Gasteiger partial charge in [0.05, 0.1) is 23.5 Å². The molecule has 0 spiro atoms. The van der Waals surface area contributed by atoms with Gasteiger partial charge in [-0.1, -0.05) is 48.5 Å². The topological polar surface area (TPSA) is 72.0 Å². The van der Waals surface area contributed by atoms with E-state index in [4.69, 9.17) is 4.74 Å². The summed E-state index contributed by atoms with van der Waals surface area (Å²) in [5.74, 6) is 1.25. The number of anilines is 3. The molecule has 2 N–H and O–H groups in total. The maximum absolute atomic E-state index is 5.11. The van der Waals surface area contributed by atoms with E-state index in [2.05, 4.69) is 25.6 Å². The smallest absolute Gasteiger partial charge is 0.225 e. The number of benzene rings is 2. The van der Waals surface area contributed by atoms with Crippen LogP contribution in [-0.2, 0) is 4.74 Å². The average Bonchev–Trinajstić information content (AvgIpc) is 2.75. The summed E-state index contributed by atoms with van der Waals surface area (Å²) in [7, 11) is 1.67. The van der Waals surface area contributed by atoms with Crippen LogP contribution in [0.2, 0.25) is 0 Å². The van der Waals surface area contributed by atoms with Crippen molar-refractivity contribution in [3.05, 3.63) is 72.9 Å². The Morgan fingerprint density at radius 1 is 0.929 bits per heavy atom. The molecule has 6 nitrogen and oxygen atoms in total. The van der Waals surface area contributed by atoms with Gasteiger partial charge in [0, 0.05) is 36.9 Å². The lowest BCUT2D eigenvalue weighted by molar-refractivity contribution is 0.210. The van der Waals surface area contributed by atoms with Crippen molar-refractivity contribution < 1.29 is 4.74 Å². The minimum atomic E-state index is 0.550. The van der Waals surface area contributed by atoms with Gasteiger partial charge >= 0.3 is 0 Å². The van der Waals surface area contributed by atoms with Gasteiger partial charge in [0.1, 0.15) is 5.82 Å². The lowest BCUT2D eigenvalue weighted by Crippen LogP contribution is -2.11. The van der Waals surface area contributed by atoms with Crippen molar-refractivity contribution in [3.63, 3.8) is 0 Å². The molecule has 0 fully saturated rings. The highest BCUT2D eigenvalue weighted by Crippen LogP contribution is 2.27. The van der Waals surface area contributed by atoms with Gasteiger partial charge in [-0.3, -0.25) is 4.98 Å². The zero-order valence-electron chi connectivity index (χ0n) is 15.6. The van der Waals surface area contributed by atoms with Crippen molar-refractivity contribution in [2.24, 2.45) is 0 Å². The predicted octanol–water partition coefficient (Wildman–Crippen LogP) is 4.49. The fourth-order valence-electron chi connectivity index (χ4n) is 2.96. The summed E-state index contributed by atoms with van der Waals surface area (Å²) in [6.07, 6.45) is 1.79. The molecule has 0 saturated carbocycles. The van der Waals surface area contributed by atoms with Crippen LogP contribution < -0.4 is 10.6 Å². The van der Waals surface area contributed by atoms with Crippen LogP contribution in [0.5, 0.6) is 0 Å². The van der Waals surface area contributed by atoms with Gasteiger partial charge in [-0.25, -0.2) is 4.98 Å². The van der Waals surface area contributed by atoms with Gasteiger partial charge in [0.25, 0.3) is 0 Å². The molecule has 2 heterocycles. The summed E-state index contributed by atoms with van der Waals surface area (Å²) >= 11 is 0. The number of fused-ring (bicyclic) bond motifs is 1. The van der Waals surface area contributed by atoms with Gasteiger partial charge in [0.2, 0.25) is 5.95 Å². The fourth-order valence-corrected chi connectivity index (χ4v) is 2.96. The Morgan fingerprint density at radius 3 is 2.64 bits per heavy atom. The van der Waals surface area contributed by atoms with E-state index in [9.17, 15) is 0 Å². The highest BCUT2D eigenvalue weighted by molar-refractivity contribution is 5.91. The summed E-state index contributed by atoms with van der Waals surface area (Å²) in [5.41, 5.74) is 3.67. The first-order chi connectivity index (χ1) is 13.8. The number of para-hydroxylation sites is 1. The molecule has 0 radical (unpaired) electrons. The SMILES string of the molecule is COCCNc1nc(Nc2cccc3cccnc23)cc(-c2ccccc2)n1. The summed E-state index contributed by atoms with van der Waals surface area (Å²) < 4.78 is 5.11. The Balaban J connectivity index is 1.71. The van der Waals surface area contributed by atoms with Gasteiger partial charge < -0.3 is 15.4 Å². The monoisotopic (exact) mass is 371 g/mol. The van der Waals surface area contributed by atoms with Crippen LogP contribution in [0.1, 0.15) is 0 Å². The molecule has 6 heteroatoms. The first-order valence-electron chi connectivity index (χ1n) is 9.11. The van der Waals surface area contributed by atoms with Crippen LogP contribution in [0, 0.1) is 0 Å². The van der Waals surface area contributed by atoms with Crippen LogP contribution in [0.25, 0.3) is 22.2 Å². The largest absolute Gasteiger partial charge is 0.383 e. The van der Waals surface area contributed by atoms with Crippen molar-refractivity contribution in [2.75, 3.05) is 30.9 Å². The molecule has 0 atom stereocenters. The Hall–Kier alpha value is -3.51. The second kappa shape index (κ2) is 8.45. The number of pyridine rings is 1. The van der Waals surface area contributed by atoms with E-state index in [0.717, 1.165) is 27.8 Å². The number of hydrogen-bond donors (Lipinski definition) is 2. The van der Waals surface area contributed by atoms with E-state index in [1.165, 1.54) is 0 Å². The molecule has 0 bridgehead atoms. The van der Waals surface area contributed by atoms with E-state index < -0.39 is 0 Å². The lowest BCUT2D eigenvalue weighted by atomic mass is 10.1.